The van der Waals surface area contributed by atoms with E-state index < -0.39 is 0 Å². The molecule has 0 aliphatic carbocycles. The van der Waals surface area contributed by atoms with E-state index in [2.05, 4.69) is 71.5 Å². The first-order valence-electron chi connectivity index (χ1n) is 11.5. The molecule has 2 N–H and O–H groups in total. The zero-order chi connectivity index (χ0) is 23.2. The summed E-state index contributed by atoms with van der Waals surface area (Å²) in [6.07, 6.45) is 11.5. The van der Waals surface area contributed by atoms with Gasteiger partial charge in [0, 0.05) is 17.5 Å². The summed E-state index contributed by atoms with van der Waals surface area (Å²) in [6.45, 7) is 14.9. The zero-order valence-corrected chi connectivity index (χ0v) is 21.0. The molecule has 0 amide bonds. The van der Waals surface area contributed by atoms with Gasteiger partial charge in [-0.15, -0.1) is 0 Å². The van der Waals surface area contributed by atoms with Crippen molar-refractivity contribution >= 4 is 17.6 Å². The van der Waals surface area contributed by atoms with E-state index in [9.17, 15) is 0 Å². The highest BCUT2D eigenvalue weighted by molar-refractivity contribution is 7.79. The van der Waals surface area contributed by atoms with Gasteiger partial charge in [0.2, 0.25) is 0 Å². The fourth-order valence-electron chi connectivity index (χ4n) is 3.42. The smallest absolute Gasteiger partial charge is 0.119 e. The Morgan fingerprint density at radius 2 is 1.68 bits per heavy atom. The number of rotatable bonds is 14. The van der Waals surface area contributed by atoms with Crippen LogP contribution in [0.3, 0.4) is 0 Å². The van der Waals surface area contributed by atoms with Crippen LogP contribution in [0.2, 0.25) is 0 Å². The predicted octanol–water partition coefficient (Wildman–Crippen LogP) is 8.04. The largest absolute Gasteiger partial charge is 0.490 e. The highest BCUT2D eigenvalue weighted by atomic mass is 32.1. The zero-order valence-electron chi connectivity index (χ0n) is 20.2. The van der Waals surface area contributed by atoms with Gasteiger partial charge in [0.25, 0.3) is 0 Å². The Labute approximate surface area is 196 Å². The van der Waals surface area contributed by atoms with E-state index in [-0.39, 0.29) is 0 Å². The first-order chi connectivity index (χ1) is 14.8. The van der Waals surface area contributed by atoms with Crippen LogP contribution in [-0.4, -0.2) is 11.5 Å². The number of ether oxygens (including phenoxy) is 1. The Morgan fingerprint density at radius 1 is 1.06 bits per heavy atom. The van der Waals surface area contributed by atoms with Gasteiger partial charge in [0.05, 0.1) is 6.10 Å². The lowest BCUT2D eigenvalue weighted by atomic mass is 9.99. The van der Waals surface area contributed by atoms with Gasteiger partial charge in [-0.05, 0) is 86.9 Å². The van der Waals surface area contributed by atoms with E-state index in [1.807, 2.05) is 6.08 Å². The molecule has 0 unspecified atom stereocenters. The molecular weight excluding hydrogens is 398 g/mol. The molecule has 1 aromatic rings. The molecule has 31 heavy (non-hydrogen) atoms. The summed E-state index contributed by atoms with van der Waals surface area (Å²) >= 11 is 4.90. The van der Waals surface area contributed by atoms with Crippen molar-refractivity contribution < 1.29 is 4.74 Å². The van der Waals surface area contributed by atoms with Gasteiger partial charge in [-0.2, -0.15) is 0 Å². The van der Waals surface area contributed by atoms with Gasteiger partial charge in [-0.3, -0.25) is 0 Å². The summed E-state index contributed by atoms with van der Waals surface area (Å²) in [6, 6.07) is 8.52. The highest BCUT2D eigenvalue weighted by Crippen LogP contribution is 2.21. The van der Waals surface area contributed by atoms with Crippen LogP contribution < -0.4 is 10.5 Å². The topological polar surface area (TPSA) is 35.2 Å². The summed E-state index contributed by atoms with van der Waals surface area (Å²) in [4.78, 5) is 0. The summed E-state index contributed by atoms with van der Waals surface area (Å²) in [5.41, 5.74) is 13.1. The van der Waals surface area contributed by atoms with Crippen LogP contribution in [0, 0.1) is 0 Å². The number of benzene rings is 1. The molecule has 0 heterocycles. The van der Waals surface area contributed by atoms with E-state index >= 15 is 0 Å². The molecule has 170 valence electrons. The maximum Gasteiger partial charge on any atom is 0.119 e. The second kappa shape index (κ2) is 14.8. The van der Waals surface area contributed by atoms with Crippen LogP contribution in [0.5, 0.6) is 5.75 Å². The number of thiocarbonyl (C=S) groups is 1. The van der Waals surface area contributed by atoms with Gasteiger partial charge in [0.15, 0.2) is 0 Å². The lowest BCUT2D eigenvalue weighted by molar-refractivity contribution is 0.179. The lowest BCUT2D eigenvalue weighted by Crippen LogP contribution is -2.15. The number of hydrogen-bond donors (Lipinski definition) is 1. The third-order valence-electron chi connectivity index (χ3n) is 5.53. The van der Waals surface area contributed by atoms with Crippen LogP contribution in [0.15, 0.2) is 71.0 Å². The summed E-state index contributed by atoms with van der Waals surface area (Å²) in [7, 11) is 0. The van der Waals surface area contributed by atoms with Gasteiger partial charge >= 0.3 is 0 Å². The summed E-state index contributed by atoms with van der Waals surface area (Å²) < 4.78 is 6.16. The average Bonchev–Trinajstić information content (AvgIpc) is 2.73. The number of aryl methyl sites for hydroxylation is 1. The quantitative estimate of drug-likeness (QED) is 0.138. The molecule has 0 radical (unpaired) electrons. The normalized spacial score (nSPS) is 13.2. The SMILES string of the molecule is C=C(CCc1ccc(OC(CCC)CCC)cc1)CC(N)=C(C)C=C(C)C(C)=CC=S. The average molecular weight is 440 g/mol. The second-order valence-corrected chi connectivity index (χ2v) is 8.68. The minimum Gasteiger partial charge on any atom is -0.490 e. The van der Waals surface area contributed by atoms with E-state index in [0.717, 1.165) is 73.1 Å². The molecule has 1 aromatic carbocycles. The van der Waals surface area contributed by atoms with Crippen molar-refractivity contribution in [2.24, 2.45) is 5.73 Å². The third kappa shape index (κ3) is 10.6. The molecule has 2 nitrogen and oxygen atoms in total. The molecule has 0 atom stereocenters. The molecule has 0 saturated carbocycles. The van der Waals surface area contributed by atoms with E-state index in [1.54, 1.807) is 5.37 Å². The van der Waals surface area contributed by atoms with Crippen molar-refractivity contribution in [2.75, 3.05) is 0 Å². The van der Waals surface area contributed by atoms with E-state index in [1.165, 1.54) is 11.1 Å². The van der Waals surface area contributed by atoms with Crippen LogP contribution in [-0.2, 0) is 6.42 Å². The van der Waals surface area contributed by atoms with Crippen molar-refractivity contribution in [3.8, 4) is 5.75 Å². The molecule has 0 saturated heterocycles. The van der Waals surface area contributed by atoms with Crippen molar-refractivity contribution in [3.05, 3.63) is 76.5 Å². The Hall–Kier alpha value is -2.13. The molecular formula is C28H41NOS. The Bertz CT molecular complexity index is 793. The maximum absolute atomic E-state index is 6.33. The van der Waals surface area contributed by atoms with E-state index in [4.69, 9.17) is 22.7 Å². The lowest BCUT2D eigenvalue weighted by Gasteiger charge is -2.18. The van der Waals surface area contributed by atoms with Gasteiger partial charge in [-0.25, -0.2) is 0 Å². The first kappa shape index (κ1) is 26.9. The second-order valence-electron chi connectivity index (χ2n) is 8.41. The Balaban J connectivity index is 2.61. The molecule has 3 heteroatoms. The number of nitrogens with two attached hydrogens (primary N) is 1. The standard InChI is InChI=1S/C28H41NOS/c1-7-9-26(10-8-2)30-27-15-13-25(14-16-27)12-11-21(3)19-28(29)24(6)20-23(5)22(4)17-18-31/h13-18,20,26H,3,7-12,19,29H2,1-2,4-6H3. The monoisotopic (exact) mass is 439 g/mol. The molecule has 0 bridgehead atoms. The van der Waals surface area contributed by atoms with Crippen molar-refractivity contribution in [1.29, 1.82) is 0 Å². The molecule has 0 fully saturated rings. The predicted molar refractivity (Wildman–Crippen MR) is 141 cm³/mol. The Morgan fingerprint density at radius 3 is 2.23 bits per heavy atom. The minimum atomic E-state index is 0.324. The van der Waals surface area contributed by atoms with Crippen molar-refractivity contribution in [3.63, 3.8) is 0 Å². The number of allylic oxidation sites excluding steroid dienone is 6. The molecule has 0 spiro atoms. The molecule has 0 aliphatic rings. The van der Waals surface area contributed by atoms with Crippen LogP contribution in [0.4, 0.5) is 0 Å². The van der Waals surface area contributed by atoms with Crippen LogP contribution in [0.1, 0.15) is 78.7 Å². The molecule has 1 rings (SSSR count). The minimum absolute atomic E-state index is 0.324. The fraction of sp³-hybridized carbons (Fsp3) is 0.464. The fourth-order valence-corrected chi connectivity index (χ4v) is 3.62. The van der Waals surface area contributed by atoms with Gasteiger partial charge in [-0.1, -0.05) is 69.3 Å². The summed E-state index contributed by atoms with van der Waals surface area (Å²) in [5, 5.41) is 1.64. The number of hydrogen-bond acceptors (Lipinski definition) is 3. The van der Waals surface area contributed by atoms with Crippen molar-refractivity contribution in [2.45, 2.75) is 85.7 Å². The van der Waals surface area contributed by atoms with Crippen molar-refractivity contribution in [1.82, 2.24) is 0 Å². The molecule has 0 aromatic heterocycles. The van der Waals surface area contributed by atoms with Gasteiger partial charge in [0.1, 0.15) is 5.75 Å². The van der Waals surface area contributed by atoms with Crippen LogP contribution in [0.25, 0.3) is 0 Å². The van der Waals surface area contributed by atoms with Gasteiger partial charge < -0.3 is 10.5 Å². The molecule has 0 aliphatic heterocycles. The van der Waals surface area contributed by atoms with Crippen LogP contribution >= 0.6 is 12.2 Å². The first-order valence-corrected chi connectivity index (χ1v) is 12.0. The van der Waals surface area contributed by atoms with E-state index in [0.29, 0.717) is 6.10 Å². The maximum atomic E-state index is 6.33. The Kier molecular flexibility index (Phi) is 12.8. The third-order valence-corrected chi connectivity index (χ3v) is 5.67. The highest BCUT2D eigenvalue weighted by Gasteiger charge is 2.08. The summed E-state index contributed by atoms with van der Waals surface area (Å²) in [5.74, 6) is 0.970.